The van der Waals surface area contributed by atoms with Gasteiger partial charge < -0.3 is 10.5 Å². The van der Waals surface area contributed by atoms with E-state index >= 15 is 0 Å². The Morgan fingerprint density at radius 3 is 2.30 bits per heavy atom. The average Bonchev–Trinajstić information content (AvgIpc) is 2.41. The molecule has 2 rings (SSSR count). The lowest BCUT2D eigenvalue weighted by Gasteiger charge is -2.15. The third-order valence-corrected chi connectivity index (χ3v) is 3.62. The number of hydrogen-bond acceptors (Lipinski definition) is 2. The molecule has 0 heterocycles. The first-order valence-electron chi connectivity index (χ1n) is 6.41. The normalized spacial score (nSPS) is 12.2. The van der Waals surface area contributed by atoms with Crippen LogP contribution >= 0.6 is 23.2 Å². The van der Waals surface area contributed by atoms with Crippen molar-refractivity contribution in [3.05, 3.63) is 63.6 Å². The Kier molecular flexibility index (Phi) is 5.30. The van der Waals surface area contributed by atoms with E-state index in [4.69, 9.17) is 33.7 Å². The zero-order valence-electron chi connectivity index (χ0n) is 11.3. The summed E-state index contributed by atoms with van der Waals surface area (Å²) in [7, 11) is 1.65. The quantitative estimate of drug-likeness (QED) is 0.902. The van der Waals surface area contributed by atoms with Crippen LogP contribution in [0, 0.1) is 0 Å². The molecule has 0 amide bonds. The molecule has 0 bridgehead atoms. The molecule has 0 aromatic heterocycles. The minimum Gasteiger partial charge on any atom is -0.496 e. The van der Waals surface area contributed by atoms with Gasteiger partial charge >= 0.3 is 0 Å². The molecule has 0 aliphatic rings. The number of methoxy groups -OCH3 is 1. The molecule has 2 aromatic rings. The Morgan fingerprint density at radius 2 is 1.65 bits per heavy atom. The van der Waals surface area contributed by atoms with E-state index in [0.717, 1.165) is 22.8 Å². The van der Waals surface area contributed by atoms with Gasteiger partial charge in [0.2, 0.25) is 0 Å². The molecule has 0 aliphatic carbocycles. The van der Waals surface area contributed by atoms with E-state index in [1.54, 1.807) is 7.11 Å². The summed E-state index contributed by atoms with van der Waals surface area (Å²) >= 11 is 11.9. The second-order valence-electron chi connectivity index (χ2n) is 4.75. The SMILES string of the molecule is COc1ccc(Cl)cc1CC(N)Cc1ccc(Cl)cc1. The van der Waals surface area contributed by atoms with Crippen molar-refractivity contribution in [2.45, 2.75) is 18.9 Å². The summed E-state index contributed by atoms with van der Waals surface area (Å²) in [6.45, 7) is 0. The highest BCUT2D eigenvalue weighted by molar-refractivity contribution is 6.30. The predicted octanol–water partition coefficient (Wildman–Crippen LogP) is 4.11. The lowest BCUT2D eigenvalue weighted by atomic mass is 9.99. The van der Waals surface area contributed by atoms with Crippen LogP contribution in [0.15, 0.2) is 42.5 Å². The molecule has 2 nitrogen and oxygen atoms in total. The predicted molar refractivity (Wildman–Crippen MR) is 84.8 cm³/mol. The molecule has 1 unspecified atom stereocenters. The van der Waals surface area contributed by atoms with Crippen LogP contribution in [0.3, 0.4) is 0 Å². The summed E-state index contributed by atoms with van der Waals surface area (Å²) in [6.07, 6.45) is 1.50. The topological polar surface area (TPSA) is 35.2 Å². The molecule has 0 radical (unpaired) electrons. The first-order chi connectivity index (χ1) is 9.58. The summed E-state index contributed by atoms with van der Waals surface area (Å²) < 4.78 is 5.34. The molecule has 0 aliphatic heterocycles. The maximum atomic E-state index is 6.22. The van der Waals surface area contributed by atoms with Crippen molar-refractivity contribution in [2.75, 3.05) is 7.11 Å². The van der Waals surface area contributed by atoms with Crippen LogP contribution < -0.4 is 10.5 Å². The standard InChI is InChI=1S/C16H17Cl2NO/c1-20-16-7-6-14(18)9-12(16)10-15(19)8-11-2-4-13(17)5-3-11/h2-7,9,15H,8,10,19H2,1H3. The zero-order valence-corrected chi connectivity index (χ0v) is 12.8. The Morgan fingerprint density at radius 1 is 1.00 bits per heavy atom. The van der Waals surface area contributed by atoms with Gasteiger partial charge in [0.25, 0.3) is 0 Å². The number of hydrogen-bond donors (Lipinski definition) is 1. The fraction of sp³-hybridized carbons (Fsp3) is 0.250. The van der Waals surface area contributed by atoms with E-state index in [2.05, 4.69) is 0 Å². The van der Waals surface area contributed by atoms with E-state index < -0.39 is 0 Å². The summed E-state index contributed by atoms with van der Waals surface area (Å²) in [6, 6.07) is 13.3. The average molecular weight is 310 g/mol. The third-order valence-electron chi connectivity index (χ3n) is 3.14. The van der Waals surface area contributed by atoms with Crippen LogP contribution in [0.2, 0.25) is 10.0 Å². The summed E-state index contributed by atoms with van der Waals surface area (Å²) in [5.41, 5.74) is 8.42. The van der Waals surface area contributed by atoms with Crippen molar-refractivity contribution < 1.29 is 4.74 Å². The van der Waals surface area contributed by atoms with Crippen molar-refractivity contribution in [1.29, 1.82) is 0 Å². The van der Waals surface area contributed by atoms with Gasteiger partial charge in [0.05, 0.1) is 7.11 Å². The Bertz CT molecular complexity index is 569. The lowest BCUT2D eigenvalue weighted by Crippen LogP contribution is -2.25. The fourth-order valence-electron chi connectivity index (χ4n) is 2.18. The molecule has 0 fully saturated rings. The lowest BCUT2D eigenvalue weighted by molar-refractivity contribution is 0.408. The van der Waals surface area contributed by atoms with Gasteiger partial charge in [-0.25, -0.2) is 0 Å². The number of halogens is 2. The molecule has 106 valence electrons. The zero-order chi connectivity index (χ0) is 14.5. The maximum Gasteiger partial charge on any atom is 0.122 e. The third kappa shape index (κ3) is 4.14. The first kappa shape index (κ1) is 15.2. The number of nitrogens with two attached hydrogens (primary N) is 1. The second-order valence-corrected chi connectivity index (χ2v) is 5.62. The number of ether oxygens (including phenoxy) is 1. The van der Waals surface area contributed by atoms with Gasteiger partial charge in [0.1, 0.15) is 5.75 Å². The van der Waals surface area contributed by atoms with Gasteiger partial charge in [-0.15, -0.1) is 0 Å². The van der Waals surface area contributed by atoms with Crippen LogP contribution in [0.5, 0.6) is 5.75 Å². The Labute approximate surface area is 129 Å². The minimum atomic E-state index is 0.00328. The van der Waals surface area contributed by atoms with Gasteiger partial charge in [0.15, 0.2) is 0 Å². The Balaban J connectivity index is 2.05. The largest absolute Gasteiger partial charge is 0.496 e. The molecule has 0 saturated carbocycles. The monoisotopic (exact) mass is 309 g/mol. The van der Waals surface area contributed by atoms with Crippen molar-refractivity contribution >= 4 is 23.2 Å². The molecule has 1 atom stereocenters. The van der Waals surface area contributed by atoms with Crippen LogP contribution in [0.4, 0.5) is 0 Å². The van der Waals surface area contributed by atoms with Gasteiger partial charge in [0, 0.05) is 16.1 Å². The summed E-state index contributed by atoms with van der Waals surface area (Å²) in [5.74, 6) is 0.820. The summed E-state index contributed by atoms with van der Waals surface area (Å²) in [4.78, 5) is 0. The van der Waals surface area contributed by atoms with Gasteiger partial charge in [-0.3, -0.25) is 0 Å². The highest BCUT2D eigenvalue weighted by Gasteiger charge is 2.10. The highest BCUT2D eigenvalue weighted by Crippen LogP contribution is 2.24. The smallest absolute Gasteiger partial charge is 0.122 e. The van der Waals surface area contributed by atoms with Gasteiger partial charge in [-0.2, -0.15) is 0 Å². The van der Waals surface area contributed by atoms with Crippen molar-refractivity contribution in [3.8, 4) is 5.75 Å². The molecule has 0 saturated heterocycles. The molecule has 0 spiro atoms. The highest BCUT2D eigenvalue weighted by atomic mass is 35.5. The molecule has 4 heteroatoms. The van der Waals surface area contributed by atoms with Crippen molar-refractivity contribution in [2.24, 2.45) is 5.73 Å². The molecular weight excluding hydrogens is 293 g/mol. The van der Waals surface area contributed by atoms with Crippen LogP contribution in [-0.2, 0) is 12.8 Å². The van der Waals surface area contributed by atoms with Crippen LogP contribution in [-0.4, -0.2) is 13.2 Å². The molecule has 2 N–H and O–H groups in total. The van der Waals surface area contributed by atoms with Crippen molar-refractivity contribution in [1.82, 2.24) is 0 Å². The number of rotatable bonds is 5. The van der Waals surface area contributed by atoms with E-state index in [9.17, 15) is 0 Å². The molecule has 20 heavy (non-hydrogen) atoms. The Hall–Kier alpha value is -1.22. The maximum absolute atomic E-state index is 6.22. The minimum absolute atomic E-state index is 0.00328. The van der Waals surface area contributed by atoms with Crippen molar-refractivity contribution in [3.63, 3.8) is 0 Å². The van der Waals surface area contributed by atoms with E-state index in [0.29, 0.717) is 11.4 Å². The fourth-order valence-corrected chi connectivity index (χ4v) is 2.51. The van der Waals surface area contributed by atoms with Crippen LogP contribution in [0.1, 0.15) is 11.1 Å². The van der Waals surface area contributed by atoms with Gasteiger partial charge in [-0.1, -0.05) is 35.3 Å². The van der Waals surface area contributed by atoms with Gasteiger partial charge in [-0.05, 0) is 54.3 Å². The van der Waals surface area contributed by atoms with E-state index in [1.807, 2.05) is 42.5 Å². The summed E-state index contributed by atoms with van der Waals surface area (Å²) in [5, 5.41) is 1.43. The molecular formula is C16H17Cl2NO. The number of benzene rings is 2. The van der Waals surface area contributed by atoms with E-state index in [1.165, 1.54) is 5.56 Å². The van der Waals surface area contributed by atoms with E-state index in [-0.39, 0.29) is 6.04 Å². The van der Waals surface area contributed by atoms with Crippen LogP contribution in [0.25, 0.3) is 0 Å². The first-order valence-corrected chi connectivity index (χ1v) is 7.16. The second kappa shape index (κ2) is 6.98. The molecule has 2 aromatic carbocycles.